The van der Waals surface area contributed by atoms with E-state index in [1.165, 1.54) is 25.7 Å². The lowest BCUT2D eigenvalue weighted by molar-refractivity contribution is -0.140. The molecule has 23 heavy (non-hydrogen) atoms. The van der Waals surface area contributed by atoms with Crippen molar-refractivity contribution in [3.63, 3.8) is 0 Å². The average molecular weight is 318 g/mol. The number of hydrogen-bond acceptors (Lipinski definition) is 2. The molecule has 4 rings (SSSR count). The van der Waals surface area contributed by atoms with Crippen LogP contribution in [0.15, 0.2) is 0 Å². The Morgan fingerprint density at radius 1 is 1.04 bits per heavy atom. The van der Waals surface area contributed by atoms with E-state index in [1.807, 2.05) is 4.90 Å². The molecular weight excluding hydrogens is 288 g/mol. The van der Waals surface area contributed by atoms with Gasteiger partial charge >= 0.3 is 0 Å². The molecule has 2 unspecified atom stereocenters. The Hall–Kier alpha value is -1.06. The van der Waals surface area contributed by atoms with Crippen LogP contribution in [0.25, 0.3) is 0 Å². The molecule has 0 aromatic rings. The maximum atomic E-state index is 12.8. The third-order valence-corrected chi connectivity index (χ3v) is 6.69. The first-order valence-electron chi connectivity index (χ1n) is 9.69. The van der Waals surface area contributed by atoms with E-state index in [1.54, 1.807) is 0 Å². The highest BCUT2D eigenvalue weighted by Gasteiger charge is 2.45. The summed E-state index contributed by atoms with van der Waals surface area (Å²) in [5.74, 6) is 2.95. The van der Waals surface area contributed by atoms with Crippen LogP contribution in [-0.2, 0) is 9.59 Å². The molecule has 0 radical (unpaired) electrons. The standard InChI is InChI=1S/C19H30N2O2/c1-13-2-6-15(7-3-13)18(22)21-11-16-8-9-20(10-14-4-5-14)19(23)17(16)12-21/h13-17H,2-12H2,1H3. The van der Waals surface area contributed by atoms with E-state index in [-0.39, 0.29) is 11.8 Å². The quantitative estimate of drug-likeness (QED) is 0.802. The molecule has 2 saturated carbocycles. The maximum absolute atomic E-state index is 12.8. The van der Waals surface area contributed by atoms with Gasteiger partial charge in [-0.05, 0) is 62.7 Å². The Bertz CT molecular complexity index is 480. The number of hydrogen-bond donors (Lipinski definition) is 0. The minimum absolute atomic E-state index is 0.0916. The van der Waals surface area contributed by atoms with Gasteiger partial charge in [-0.2, -0.15) is 0 Å². The molecule has 2 saturated heterocycles. The summed E-state index contributed by atoms with van der Waals surface area (Å²) in [5, 5.41) is 0. The van der Waals surface area contributed by atoms with E-state index in [9.17, 15) is 9.59 Å². The Morgan fingerprint density at radius 3 is 2.48 bits per heavy atom. The van der Waals surface area contributed by atoms with Crippen molar-refractivity contribution in [3.8, 4) is 0 Å². The molecule has 0 aromatic heterocycles. The summed E-state index contributed by atoms with van der Waals surface area (Å²) in [6.45, 7) is 5.70. The first-order valence-corrected chi connectivity index (χ1v) is 9.69. The van der Waals surface area contributed by atoms with Gasteiger partial charge in [-0.3, -0.25) is 9.59 Å². The Morgan fingerprint density at radius 2 is 1.78 bits per heavy atom. The summed E-state index contributed by atoms with van der Waals surface area (Å²) in [6, 6.07) is 0. The second-order valence-electron chi connectivity index (χ2n) is 8.58. The van der Waals surface area contributed by atoms with Crippen molar-refractivity contribution in [3.05, 3.63) is 0 Å². The molecule has 128 valence electrons. The van der Waals surface area contributed by atoms with Crippen LogP contribution < -0.4 is 0 Å². The zero-order valence-electron chi connectivity index (χ0n) is 14.4. The summed E-state index contributed by atoms with van der Waals surface area (Å²) < 4.78 is 0. The highest BCUT2D eigenvalue weighted by molar-refractivity contribution is 5.84. The van der Waals surface area contributed by atoms with Crippen molar-refractivity contribution >= 4 is 11.8 Å². The zero-order chi connectivity index (χ0) is 16.0. The van der Waals surface area contributed by atoms with Crippen LogP contribution in [0.4, 0.5) is 0 Å². The Labute approximate surface area is 139 Å². The molecule has 0 bridgehead atoms. The number of piperidine rings is 1. The molecule has 2 amide bonds. The summed E-state index contributed by atoms with van der Waals surface area (Å²) in [7, 11) is 0. The molecule has 4 heteroatoms. The molecule has 2 heterocycles. The van der Waals surface area contributed by atoms with E-state index in [4.69, 9.17) is 0 Å². The lowest BCUT2D eigenvalue weighted by Crippen LogP contribution is -2.46. The van der Waals surface area contributed by atoms with Crippen LogP contribution in [-0.4, -0.2) is 47.8 Å². The third kappa shape index (κ3) is 3.14. The Kier molecular flexibility index (Phi) is 4.10. The maximum Gasteiger partial charge on any atom is 0.227 e. The van der Waals surface area contributed by atoms with Crippen LogP contribution in [0, 0.1) is 29.6 Å². The number of carbonyl (C=O) groups is 2. The van der Waals surface area contributed by atoms with E-state index >= 15 is 0 Å². The number of nitrogens with zero attached hydrogens (tertiary/aromatic N) is 2. The van der Waals surface area contributed by atoms with Gasteiger partial charge in [0.1, 0.15) is 0 Å². The second kappa shape index (κ2) is 6.10. The fourth-order valence-electron chi connectivity index (χ4n) is 4.85. The number of carbonyl (C=O) groups excluding carboxylic acids is 2. The zero-order valence-corrected chi connectivity index (χ0v) is 14.4. The predicted molar refractivity (Wildman–Crippen MR) is 88.6 cm³/mol. The molecule has 0 spiro atoms. The largest absolute Gasteiger partial charge is 0.342 e. The second-order valence-corrected chi connectivity index (χ2v) is 8.58. The lowest BCUT2D eigenvalue weighted by atomic mass is 9.82. The SMILES string of the molecule is CC1CCC(C(=O)N2CC3CCN(CC4CC4)C(=O)C3C2)CC1. The lowest BCUT2D eigenvalue weighted by Gasteiger charge is -2.33. The molecule has 4 fully saturated rings. The Balaban J connectivity index is 1.36. The van der Waals surface area contributed by atoms with Crippen molar-refractivity contribution in [2.24, 2.45) is 29.6 Å². The van der Waals surface area contributed by atoms with Gasteiger partial charge < -0.3 is 9.80 Å². The van der Waals surface area contributed by atoms with Crippen LogP contribution in [0.1, 0.15) is 51.9 Å². The highest BCUT2D eigenvalue weighted by Crippen LogP contribution is 2.37. The van der Waals surface area contributed by atoms with E-state index in [2.05, 4.69) is 11.8 Å². The fourth-order valence-corrected chi connectivity index (χ4v) is 4.85. The van der Waals surface area contributed by atoms with E-state index in [0.717, 1.165) is 50.7 Å². The molecule has 2 aliphatic carbocycles. The third-order valence-electron chi connectivity index (χ3n) is 6.69. The van der Waals surface area contributed by atoms with Crippen molar-refractivity contribution in [1.82, 2.24) is 9.80 Å². The molecular formula is C19H30N2O2. The van der Waals surface area contributed by atoms with Crippen LogP contribution >= 0.6 is 0 Å². The molecule has 0 N–H and O–H groups in total. The summed E-state index contributed by atoms with van der Waals surface area (Å²) >= 11 is 0. The normalized spacial score (nSPS) is 37.9. The fraction of sp³-hybridized carbons (Fsp3) is 0.895. The van der Waals surface area contributed by atoms with Crippen molar-refractivity contribution < 1.29 is 9.59 Å². The van der Waals surface area contributed by atoms with Gasteiger partial charge in [0.15, 0.2) is 0 Å². The topological polar surface area (TPSA) is 40.6 Å². The molecule has 4 nitrogen and oxygen atoms in total. The van der Waals surface area contributed by atoms with Gasteiger partial charge in [0.2, 0.25) is 11.8 Å². The van der Waals surface area contributed by atoms with Gasteiger partial charge in [0, 0.05) is 32.1 Å². The van der Waals surface area contributed by atoms with Crippen molar-refractivity contribution in [2.75, 3.05) is 26.2 Å². The van der Waals surface area contributed by atoms with Crippen molar-refractivity contribution in [1.29, 1.82) is 0 Å². The molecule has 0 aromatic carbocycles. The number of likely N-dealkylation sites (tertiary alicyclic amines) is 2. The van der Waals surface area contributed by atoms with Crippen LogP contribution in [0.2, 0.25) is 0 Å². The average Bonchev–Trinajstić information content (AvgIpc) is 3.26. The van der Waals surface area contributed by atoms with E-state index in [0.29, 0.717) is 24.3 Å². The predicted octanol–water partition coefficient (Wildman–Crippen LogP) is 2.53. The van der Waals surface area contributed by atoms with Gasteiger partial charge in [-0.25, -0.2) is 0 Å². The van der Waals surface area contributed by atoms with Gasteiger partial charge in [0.25, 0.3) is 0 Å². The number of amides is 2. The monoisotopic (exact) mass is 318 g/mol. The van der Waals surface area contributed by atoms with Crippen LogP contribution in [0.5, 0.6) is 0 Å². The summed E-state index contributed by atoms with van der Waals surface area (Å²) in [4.78, 5) is 29.7. The van der Waals surface area contributed by atoms with E-state index < -0.39 is 0 Å². The van der Waals surface area contributed by atoms with Crippen LogP contribution in [0.3, 0.4) is 0 Å². The molecule has 2 atom stereocenters. The highest BCUT2D eigenvalue weighted by atomic mass is 16.2. The van der Waals surface area contributed by atoms with Gasteiger partial charge in [-0.1, -0.05) is 6.92 Å². The number of fused-ring (bicyclic) bond motifs is 1. The first kappa shape index (κ1) is 15.5. The minimum Gasteiger partial charge on any atom is -0.342 e. The minimum atomic E-state index is 0.0916. The van der Waals surface area contributed by atoms with Crippen molar-refractivity contribution in [2.45, 2.75) is 51.9 Å². The molecule has 2 aliphatic heterocycles. The smallest absolute Gasteiger partial charge is 0.227 e. The number of rotatable bonds is 3. The van der Waals surface area contributed by atoms with Gasteiger partial charge in [-0.15, -0.1) is 0 Å². The summed E-state index contributed by atoms with van der Waals surface area (Å²) in [5.41, 5.74) is 0. The molecule has 4 aliphatic rings. The summed E-state index contributed by atoms with van der Waals surface area (Å²) in [6.07, 6.45) is 8.15. The van der Waals surface area contributed by atoms with Gasteiger partial charge in [0.05, 0.1) is 5.92 Å². The first-order chi connectivity index (χ1) is 11.1.